The number of nitro groups is 1. The summed E-state index contributed by atoms with van der Waals surface area (Å²) in [6, 6.07) is 22.9. The fraction of sp³-hybridized carbons (Fsp3) is 0.222. The zero-order valence-electron chi connectivity index (χ0n) is 20.4. The molecule has 9 heteroatoms. The lowest BCUT2D eigenvalue weighted by Crippen LogP contribution is -2.35. The van der Waals surface area contributed by atoms with Gasteiger partial charge in [-0.15, -0.1) is 0 Å². The van der Waals surface area contributed by atoms with E-state index in [0.717, 1.165) is 16.8 Å². The summed E-state index contributed by atoms with van der Waals surface area (Å²) in [6.07, 6.45) is 0.334. The van der Waals surface area contributed by atoms with E-state index in [1.165, 1.54) is 18.2 Å². The van der Waals surface area contributed by atoms with Crippen LogP contribution in [0.15, 0.2) is 83.4 Å². The Kier molecular flexibility index (Phi) is 7.39. The maximum Gasteiger partial charge on any atom is 0.270 e. The van der Waals surface area contributed by atoms with Crippen LogP contribution in [-0.4, -0.2) is 46.5 Å². The predicted octanol–water partition coefficient (Wildman–Crippen LogP) is 5.16. The Labute approximate surface area is 209 Å². The van der Waals surface area contributed by atoms with Gasteiger partial charge in [-0.1, -0.05) is 41.6 Å². The van der Waals surface area contributed by atoms with E-state index in [9.17, 15) is 14.9 Å². The normalized spacial score (nSPS) is 11.6. The summed E-state index contributed by atoms with van der Waals surface area (Å²) in [7, 11) is 3.94. The lowest BCUT2D eigenvalue weighted by atomic mass is 10.0. The number of hydrogen-bond acceptors (Lipinski definition) is 7. The maximum absolute atomic E-state index is 13.5. The Morgan fingerprint density at radius 1 is 1.03 bits per heavy atom. The standard InChI is InChI=1S/C27H27N5O4/c1-19(20-8-5-4-6-9-20)31(27(33)22-10-7-11-24(18-22)32(34)35)17-16-25-28-26(29-36-25)21-12-14-23(15-13-21)30(2)3/h4-15,18-19H,16-17H2,1-3H3. The SMILES string of the molecule is CC(c1ccccc1)N(CCc1nc(-c2ccc(N(C)C)cc2)no1)C(=O)c1cccc([N+](=O)[O-])c1. The van der Waals surface area contributed by atoms with E-state index >= 15 is 0 Å². The number of hydrogen-bond donors (Lipinski definition) is 0. The minimum Gasteiger partial charge on any atom is -0.378 e. The fourth-order valence-corrected chi connectivity index (χ4v) is 3.90. The van der Waals surface area contributed by atoms with Crippen LogP contribution in [0, 0.1) is 10.1 Å². The molecule has 0 spiro atoms. The third-order valence-corrected chi connectivity index (χ3v) is 5.99. The summed E-state index contributed by atoms with van der Waals surface area (Å²) in [5.41, 5.74) is 2.96. The van der Waals surface area contributed by atoms with Crippen molar-refractivity contribution < 1.29 is 14.2 Å². The molecule has 1 unspecified atom stereocenters. The number of anilines is 1. The molecule has 184 valence electrons. The molecule has 0 saturated heterocycles. The van der Waals surface area contributed by atoms with Gasteiger partial charge in [-0.05, 0) is 42.8 Å². The van der Waals surface area contributed by atoms with Gasteiger partial charge in [0.2, 0.25) is 11.7 Å². The summed E-state index contributed by atoms with van der Waals surface area (Å²) >= 11 is 0. The smallest absolute Gasteiger partial charge is 0.270 e. The van der Waals surface area contributed by atoms with E-state index in [4.69, 9.17) is 4.52 Å². The van der Waals surface area contributed by atoms with Gasteiger partial charge >= 0.3 is 0 Å². The molecule has 1 amide bonds. The van der Waals surface area contributed by atoms with Crippen molar-refractivity contribution in [2.75, 3.05) is 25.5 Å². The fourth-order valence-electron chi connectivity index (χ4n) is 3.90. The van der Waals surface area contributed by atoms with Crippen LogP contribution in [0.5, 0.6) is 0 Å². The van der Waals surface area contributed by atoms with Crippen molar-refractivity contribution in [2.24, 2.45) is 0 Å². The van der Waals surface area contributed by atoms with Gasteiger partial charge in [0.1, 0.15) is 0 Å². The molecule has 1 aromatic heterocycles. The van der Waals surface area contributed by atoms with Crippen molar-refractivity contribution in [3.8, 4) is 11.4 Å². The van der Waals surface area contributed by atoms with Gasteiger partial charge in [0.25, 0.3) is 11.6 Å². The Bertz CT molecular complexity index is 1340. The van der Waals surface area contributed by atoms with Gasteiger partial charge in [-0.3, -0.25) is 14.9 Å². The number of carbonyl (C=O) groups excluding carboxylic acids is 1. The van der Waals surface area contributed by atoms with Crippen molar-refractivity contribution in [1.82, 2.24) is 15.0 Å². The first-order valence-electron chi connectivity index (χ1n) is 11.5. The molecular formula is C27H27N5O4. The number of amides is 1. The molecule has 0 N–H and O–H groups in total. The van der Waals surface area contributed by atoms with E-state index in [2.05, 4.69) is 10.1 Å². The Balaban J connectivity index is 1.55. The molecule has 3 aromatic carbocycles. The largest absolute Gasteiger partial charge is 0.378 e. The first kappa shape index (κ1) is 24.6. The number of aromatic nitrogens is 2. The van der Waals surface area contributed by atoms with Crippen molar-refractivity contribution in [3.05, 3.63) is 106 Å². The van der Waals surface area contributed by atoms with Gasteiger partial charge in [-0.2, -0.15) is 4.98 Å². The second-order valence-electron chi connectivity index (χ2n) is 8.60. The first-order chi connectivity index (χ1) is 17.3. The minimum atomic E-state index is -0.507. The number of benzene rings is 3. The van der Waals surface area contributed by atoms with Crippen LogP contribution in [0.3, 0.4) is 0 Å². The Morgan fingerprint density at radius 3 is 2.42 bits per heavy atom. The highest BCUT2D eigenvalue weighted by atomic mass is 16.6. The molecule has 0 aliphatic heterocycles. The molecule has 0 radical (unpaired) electrons. The average Bonchev–Trinajstić information content (AvgIpc) is 3.38. The highest BCUT2D eigenvalue weighted by Gasteiger charge is 2.25. The molecule has 0 bridgehead atoms. The summed E-state index contributed by atoms with van der Waals surface area (Å²) < 4.78 is 5.47. The van der Waals surface area contributed by atoms with Crippen LogP contribution in [0.25, 0.3) is 11.4 Å². The third-order valence-electron chi connectivity index (χ3n) is 5.99. The number of non-ortho nitro benzene ring substituents is 1. The molecule has 0 fully saturated rings. The zero-order chi connectivity index (χ0) is 25.7. The summed E-state index contributed by atoms with van der Waals surface area (Å²) in [4.78, 5) is 32.4. The van der Waals surface area contributed by atoms with Crippen molar-refractivity contribution in [1.29, 1.82) is 0 Å². The highest BCUT2D eigenvalue weighted by molar-refractivity contribution is 5.95. The van der Waals surface area contributed by atoms with Crippen molar-refractivity contribution in [2.45, 2.75) is 19.4 Å². The monoisotopic (exact) mass is 485 g/mol. The summed E-state index contributed by atoms with van der Waals surface area (Å²) in [5.74, 6) is 0.566. The van der Waals surface area contributed by atoms with Crippen LogP contribution in [-0.2, 0) is 6.42 Å². The van der Waals surface area contributed by atoms with Crippen LogP contribution >= 0.6 is 0 Å². The van der Waals surface area contributed by atoms with Crippen molar-refractivity contribution >= 4 is 17.3 Å². The van der Waals surface area contributed by atoms with Gasteiger partial charge in [0.05, 0.1) is 11.0 Å². The summed E-state index contributed by atoms with van der Waals surface area (Å²) in [5, 5.41) is 15.3. The second-order valence-corrected chi connectivity index (χ2v) is 8.60. The van der Waals surface area contributed by atoms with E-state index in [1.807, 2.05) is 80.5 Å². The molecule has 4 rings (SSSR count). The van der Waals surface area contributed by atoms with E-state index in [-0.39, 0.29) is 23.2 Å². The van der Waals surface area contributed by atoms with Gasteiger partial charge in [-0.25, -0.2) is 0 Å². The first-order valence-corrected chi connectivity index (χ1v) is 11.5. The van der Waals surface area contributed by atoms with Crippen LogP contribution < -0.4 is 4.90 Å². The molecule has 9 nitrogen and oxygen atoms in total. The molecule has 1 heterocycles. The number of nitro benzene ring substituents is 1. The highest BCUT2D eigenvalue weighted by Crippen LogP contribution is 2.25. The number of rotatable bonds is 9. The van der Waals surface area contributed by atoms with Gasteiger partial charge in [0.15, 0.2) is 0 Å². The quantitative estimate of drug-likeness (QED) is 0.238. The molecule has 36 heavy (non-hydrogen) atoms. The molecule has 0 aliphatic rings. The third kappa shape index (κ3) is 5.57. The van der Waals surface area contributed by atoms with E-state index < -0.39 is 4.92 Å². The molecule has 1 atom stereocenters. The van der Waals surface area contributed by atoms with Crippen LogP contribution in [0.4, 0.5) is 11.4 Å². The molecule has 0 saturated carbocycles. The van der Waals surface area contributed by atoms with Crippen LogP contribution in [0.2, 0.25) is 0 Å². The Hall–Kier alpha value is -4.53. The predicted molar refractivity (Wildman–Crippen MR) is 137 cm³/mol. The second kappa shape index (κ2) is 10.8. The van der Waals surface area contributed by atoms with Crippen molar-refractivity contribution in [3.63, 3.8) is 0 Å². The molecule has 0 aliphatic carbocycles. The lowest BCUT2D eigenvalue weighted by molar-refractivity contribution is -0.384. The molecule has 4 aromatic rings. The number of nitrogens with zero attached hydrogens (tertiary/aromatic N) is 5. The lowest BCUT2D eigenvalue weighted by Gasteiger charge is -2.29. The minimum absolute atomic E-state index is 0.130. The topological polar surface area (TPSA) is 106 Å². The molecular weight excluding hydrogens is 458 g/mol. The van der Waals surface area contributed by atoms with Crippen LogP contribution in [0.1, 0.15) is 34.8 Å². The van der Waals surface area contributed by atoms with Gasteiger partial charge < -0.3 is 14.3 Å². The zero-order valence-corrected chi connectivity index (χ0v) is 20.4. The number of carbonyl (C=O) groups is 1. The Morgan fingerprint density at radius 2 is 1.75 bits per heavy atom. The van der Waals surface area contributed by atoms with E-state index in [1.54, 1.807) is 11.0 Å². The maximum atomic E-state index is 13.5. The average molecular weight is 486 g/mol. The summed E-state index contributed by atoms with van der Waals surface area (Å²) in [6.45, 7) is 2.22. The van der Waals surface area contributed by atoms with Gasteiger partial charge in [0, 0.05) is 56.0 Å². The van der Waals surface area contributed by atoms with E-state index in [0.29, 0.717) is 24.7 Å².